The van der Waals surface area contributed by atoms with Crippen molar-refractivity contribution in [3.8, 4) is 11.1 Å². The minimum absolute atomic E-state index is 0.0767. The van der Waals surface area contributed by atoms with Crippen molar-refractivity contribution in [2.45, 2.75) is 69.2 Å². The minimum Gasteiger partial charge on any atom is -0.465 e. The number of nitrogens with two attached hydrogens (primary N) is 2. The number of halogens is 3. The Kier molecular flexibility index (Phi) is 21.1. The third-order valence-corrected chi connectivity index (χ3v) is 10.8. The van der Waals surface area contributed by atoms with E-state index in [1.54, 1.807) is 30.3 Å². The number of benzene rings is 4. The Morgan fingerprint density at radius 2 is 1.10 bits per heavy atom. The molecule has 1 fully saturated rings. The van der Waals surface area contributed by atoms with E-state index in [4.69, 9.17) is 48.7 Å². The van der Waals surface area contributed by atoms with Crippen LogP contribution in [0.4, 0.5) is 22.7 Å². The molecule has 4 aromatic carbocycles. The molecule has 1 aliphatic rings. The topological polar surface area (TPSA) is 130 Å². The molecule has 10 nitrogen and oxygen atoms in total. The van der Waals surface area contributed by atoms with Gasteiger partial charge in [0.25, 0.3) is 0 Å². The summed E-state index contributed by atoms with van der Waals surface area (Å²) < 4.78 is 21.9. The first-order valence-electron chi connectivity index (χ1n) is 21.5. The van der Waals surface area contributed by atoms with Gasteiger partial charge in [0, 0.05) is 59.3 Å². The van der Waals surface area contributed by atoms with Crippen molar-refractivity contribution >= 4 is 86.4 Å². The SMILES string of the molecule is CC(C)CN(CC(C)C)c1ccc(B2OCC(C)(C)CO2)cc1N.COC(=O)c1cc(Cl)ccc1-c1ccc(N(CC(C)C)CC(C)C)c(N)c1.COC(=O)c1cc(Cl)ccc1Br. The maximum atomic E-state index is 12.1. The van der Waals surface area contributed by atoms with Crippen LogP contribution >= 0.6 is 39.1 Å². The van der Waals surface area contributed by atoms with Gasteiger partial charge in [-0.2, -0.15) is 0 Å². The fourth-order valence-electron chi connectivity index (χ4n) is 7.02. The fourth-order valence-corrected chi connectivity index (χ4v) is 7.77. The van der Waals surface area contributed by atoms with E-state index >= 15 is 0 Å². The highest BCUT2D eigenvalue weighted by Crippen LogP contribution is 2.34. The van der Waals surface area contributed by atoms with Crippen LogP contribution in [0.25, 0.3) is 11.1 Å². The molecule has 1 heterocycles. The highest BCUT2D eigenvalue weighted by molar-refractivity contribution is 9.10. The number of anilines is 4. The third kappa shape index (κ3) is 16.9. The van der Waals surface area contributed by atoms with Crippen LogP contribution in [0.1, 0.15) is 90.0 Å². The number of ether oxygens (including phenoxy) is 2. The molecular weight excluding hydrogens is 902 g/mol. The van der Waals surface area contributed by atoms with Gasteiger partial charge in [-0.15, -0.1) is 0 Å². The number of carbonyl (C=O) groups excluding carboxylic acids is 2. The van der Waals surface area contributed by atoms with Crippen molar-refractivity contribution in [2.24, 2.45) is 29.1 Å². The van der Waals surface area contributed by atoms with Crippen LogP contribution in [-0.2, 0) is 18.8 Å². The highest BCUT2D eigenvalue weighted by Gasteiger charge is 2.34. The van der Waals surface area contributed by atoms with Crippen LogP contribution in [0.2, 0.25) is 10.0 Å². The zero-order valence-corrected chi connectivity index (χ0v) is 42.3. The number of nitrogen functional groups attached to an aromatic ring is 2. The first-order valence-corrected chi connectivity index (χ1v) is 23.0. The monoisotopic (exact) mass is 968 g/mol. The number of nitrogens with zero attached hydrogens (tertiary/aromatic N) is 2. The van der Waals surface area contributed by atoms with Gasteiger partial charge in [-0.1, -0.05) is 111 Å². The standard InChI is InChI=1S/C22H29ClN2O2.C19H33BN2O2.C8H6BrClO2/c1-14(2)12-25(13-15(3)4)21-9-6-16(10-20(21)24)18-8-7-17(23)11-19(18)22(26)27-5;1-14(2)10-22(11-15(3)4)18-8-7-16(9-17(18)21)20-23-12-19(5,6)13-24-20;1-12-8(11)6-4-5(10)2-3-7(6)9/h6-11,14-15H,12-13,24H2,1-5H3;7-9,14-15H,10-13,21H2,1-6H3;2-4H,1H3. The average Bonchev–Trinajstić information content (AvgIpc) is 3.20. The Morgan fingerprint density at radius 3 is 1.54 bits per heavy atom. The molecule has 63 heavy (non-hydrogen) atoms. The van der Waals surface area contributed by atoms with E-state index < -0.39 is 11.9 Å². The van der Waals surface area contributed by atoms with Gasteiger partial charge in [-0.05, 0) is 111 Å². The molecule has 0 radical (unpaired) electrons. The summed E-state index contributed by atoms with van der Waals surface area (Å²) in [7, 11) is 2.38. The molecule has 0 amide bonds. The maximum Gasteiger partial charge on any atom is 0.493 e. The molecule has 1 saturated heterocycles. The minimum atomic E-state index is -0.420. The lowest BCUT2D eigenvalue weighted by Gasteiger charge is -2.33. The van der Waals surface area contributed by atoms with Crippen molar-refractivity contribution in [3.05, 3.63) is 98.4 Å². The normalized spacial score (nSPS) is 13.3. The average molecular weight is 971 g/mol. The van der Waals surface area contributed by atoms with Crippen molar-refractivity contribution in [1.29, 1.82) is 0 Å². The first kappa shape index (κ1) is 53.4. The summed E-state index contributed by atoms with van der Waals surface area (Å²) in [4.78, 5) is 27.9. The summed E-state index contributed by atoms with van der Waals surface area (Å²) in [6, 6.07) is 22.3. The van der Waals surface area contributed by atoms with E-state index in [1.165, 1.54) is 14.2 Å². The Balaban J connectivity index is 0.000000269. The van der Waals surface area contributed by atoms with Gasteiger partial charge in [-0.3, -0.25) is 0 Å². The van der Waals surface area contributed by atoms with Gasteiger partial charge < -0.3 is 40.0 Å². The molecule has 0 atom stereocenters. The Hall–Kier alpha value is -3.94. The third-order valence-electron chi connectivity index (χ3n) is 9.66. The Bertz CT molecular complexity index is 2090. The Labute approximate surface area is 395 Å². The summed E-state index contributed by atoms with van der Waals surface area (Å²) in [5.41, 5.74) is 20.0. The molecular formula is C49H68BBrCl2N4O6. The van der Waals surface area contributed by atoms with Crippen LogP contribution < -0.4 is 26.7 Å². The molecule has 0 unspecified atom stereocenters. The van der Waals surface area contributed by atoms with E-state index in [1.807, 2.05) is 30.3 Å². The predicted octanol–water partition coefficient (Wildman–Crippen LogP) is 11.5. The molecule has 14 heteroatoms. The van der Waals surface area contributed by atoms with Crippen LogP contribution in [0.5, 0.6) is 0 Å². The lowest BCUT2D eigenvalue weighted by atomic mass is 9.75. The fraction of sp³-hybridized carbons (Fsp3) is 0.469. The lowest BCUT2D eigenvalue weighted by Crippen LogP contribution is -2.47. The molecule has 0 aliphatic carbocycles. The molecule has 344 valence electrons. The molecule has 1 aliphatic heterocycles. The van der Waals surface area contributed by atoms with Crippen molar-refractivity contribution in [2.75, 3.05) is 74.9 Å². The van der Waals surface area contributed by atoms with E-state index in [0.717, 1.165) is 59.8 Å². The quantitative estimate of drug-likeness (QED) is 0.0716. The lowest BCUT2D eigenvalue weighted by molar-refractivity contribution is 0.0343. The zero-order valence-electron chi connectivity index (χ0n) is 39.2. The smallest absolute Gasteiger partial charge is 0.465 e. The maximum absolute atomic E-state index is 12.1. The second-order valence-electron chi connectivity index (χ2n) is 18.4. The van der Waals surface area contributed by atoms with Crippen LogP contribution in [0.15, 0.2) is 77.3 Å². The first-order chi connectivity index (χ1) is 29.5. The van der Waals surface area contributed by atoms with Gasteiger partial charge in [0.15, 0.2) is 0 Å². The summed E-state index contributed by atoms with van der Waals surface area (Å²) in [5.74, 6) is 1.43. The molecule has 0 spiro atoms. The van der Waals surface area contributed by atoms with Gasteiger partial charge in [0.05, 0.1) is 48.1 Å². The van der Waals surface area contributed by atoms with Crippen molar-refractivity contribution < 1.29 is 28.4 Å². The zero-order chi connectivity index (χ0) is 47.2. The molecule has 4 aromatic rings. The molecule has 5 rings (SSSR count). The van der Waals surface area contributed by atoms with Crippen LogP contribution in [-0.4, -0.2) is 72.7 Å². The van der Waals surface area contributed by atoms with Gasteiger partial charge in [0.1, 0.15) is 0 Å². The number of rotatable bonds is 14. The highest BCUT2D eigenvalue weighted by atomic mass is 79.9. The second-order valence-corrected chi connectivity index (χ2v) is 20.1. The largest absolute Gasteiger partial charge is 0.493 e. The van der Waals surface area contributed by atoms with E-state index in [0.29, 0.717) is 68.2 Å². The van der Waals surface area contributed by atoms with E-state index in [2.05, 4.69) is 112 Å². The molecule has 0 bridgehead atoms. The summed E-state index contributed by atoms with van der Waals surface area (Å²) >= 11 is 15.0. The number of hydrogen-bond donors (Lipinski definition) is 2. The van der Waals surface area contributed by atoms with Gasteiger partial charge >= 0.3 is 19.1 Å². The number of hydrogen-bond acceptors (Lipinski definition) is 10. The molecule has 0 saturated carbocycles. The number of methoxy groups -OCH3 is 2. The van der Waals surface area contributed by atoms with Crippen molar-refractivity contribution in [3.63, 3.8) is 0 Å². The molecule has 0 aromatic heterocycles. The number of esters is 2. The summed E-state index contributed by atoms with van der Waals surface area (Å²) in [6.07, 6.45) is 0. The predicted molar refractivity (Wildman–Crippen MR) is 269 cm³/mol. The van der Waals surface area contributed by atoms with Crippen LogP contribution in [0, 0.1) is 29.1 Å². The van der Waals surface area contributed by atoms with E-state index in [9.17, 15) is 9.59 Å². The second kappa shape index (κ2) is 24.9. The summed E-state index contributed by atoms with van der Waals surface area (Å²) in [6.45, 7) is 27.4. The number of carbonyl (C=O) groups is 2. The Morgan fingerprint density at radius 1 is 0.667 bits per heavy atom. The van der Waals surface area contributed by atoms with Gasteiger partial charge in [0.2, 0.25) is 0 Å². The van der Waals surface area contributed by atoms with Gasteiger partial charge in [-0.25, -0.2) is 9.59 Å². The molecule has 4 N–H and O–H groups in total. The van der Waals surface area contributed by atoms with Crippen LogP contribution in [0.3, 0.4) is 0 Å². The van der Waals surface area contributed by atoms with Crippen molar-refractivity contribution in [1.82, 2.24) is 0 Å². The summed E-state index contributed by atoms with van der Waals surface area (Å²) in [5, 5.41) is 1.00. The van der Waals surface area contributed by atoms with E-state index in [-0.39, 0.29) is 12.5 Å².